The highest BCUT2D eigenvalue weighted by Gasteiger charge is 2.25. The molecule has 130 valence electrons. The lowest BCUT2D eigenvalue weighted by Gasteiger charge is -2.28. The zero-order valence-corrected chi connectivity index (χ0v) is 15.1. The minimum atomic E-state index is 0. The number of amides is 1. The molecule has 0 saturated carbocycles. The fourth-order valence-electron chi connectivity index (χ4n) is 3.45. The molecule has 1 heterocycles. The van der Waals surface area contributed by atoms with Crippen molar-refractivity contribution in [3.63, 3.8) is 0 Å². The summed E-state index contributed by atoms with van der Waals surface area (Å²) in [7, 11) is 0. The lowest BCUT2D eigenvalue weighted by atomic mass is 10.0. The standard InChI is InChI=1S/C20H26N2O.ClH/c1-2-13-22(19-11-12-21-15-19)20(23)10-8-16-7-9-17-5-3-4-6-18(17)14-16;/h3-7,9,14,19,21H,2,8,10-13,15H2,1H3;1H. The first kappa shape index (κ1) is 18.8. The highest BCUT2D eigenvalue weighted by atomic mass is 35.5. The molecule has 0 aliphatic carbocycles. The van der Waals surface area contributed by atoms with Crippen LogP contribution in [-0.2, 0) is 11.2 Å². The van der Waals surface area contributed by atoms with Gasteiger partial charge in [0.05, 0.1) is 0 Å². The van der Waals surface area contributed by atoms with Crippen LogP contribution in [0.3, 0.4) is 0 Å². The number of nitrogens with zero attached hydrogens (tertiary/aromatic N) is 1. The second-order valence-electron chi connectivity index (χ2n) is 6.42. The fourth-order valence-corrected chi connectivity index (χ4v) is 3.45. The number of rotatable bonds is 6. The van der Waals surface area contributed by atoms with Crippen LogP contribution in [0.15, 0.2) is 42.5 Å². The number of fused-ring (bicyclic) bond motifs is 1. The van der Waals surface area contributed by atoms with Crippen molar-refractivity contribution in [2.75, 3.05) is 19.6 Å². The van der Waals surface area contributed by atoms with Crippen LogP contribution in [0.25, 0.3) is 10.8 Å². The summed E-state index contributed by atoms with van der Waals surface area (Å²) in [6.07, 6.45) is 3.54. The molecule has 1 unspecified atom stereocenters. The van der Waals surface area contributed by atoms with Crippen LogP contribution in [0.2, 0.25) is 0 Å². The molecule has 0 bridgehead atoms. The molecule has 2 aromatic carbocycles. The van der Waals surface area contributed by atoms with Crippen molar-refractivity contribution in [2.24, 2.45) is 0 Å². The summed E-state index contributed by atoms with van der Waals surface area (Å²) in [6.45, 7) is 5.00. The first-order valence-corrected chi connectivity index (χ1v) is 8.76. The Morgan fingerprint density at radius 2 is 2.00 bits per heavy atom. The Labute approximate surface area is 150 Å². The van der Waals surface area contributed by atoms with E-state index in [4.69, 9.17) is 0 Å². The van der Waals surface area contributed by atoms with E-state index in [1.54, 1.807) is 0 Å². The minimum absolute atomic E-state index is 0. The average Bonchev–Trinajstić information content (AvgIpc) is 3.11. The van der Waals surface area contributed by atoms with E-state index in [-0.39, 0.29) is 12.4 Å². The van der Waals surface area contributed by atoms with Crippen molar-refractivity contribution in [1.82, 2.24) is 10.2 Å². The average molecular weight is 347 g/mol. The summed E-state index contributed by atoms with van der Waals surface area (Å²) in [5.74, 6) is 0.300. The summed E-state index contributed by atoms with van der Waals surface area (Å²) >= 11 is 0. The normalized spacial score (nSPS) is 16.8. The largest absolute Gasteiger partial charge is 0.338 e. The molecule has 4 heteroatoms. The first-order valence-electron chi connectivity index (χ1n) is 8.76. The van der Waals surface area contributed by atoms with E-state index in [2.05, 4.69) is 59.6 Å². The van der Waals surface area contributed by atoms with Gasteiger partial charge in [-0.3, -0.25) is 4.79 Å². The molecule has 2 aromatic rings. The van der Waals surface area contributed by atoms with E-state index < -0.39 is 0 Å². The summed E-state index contributed by atoms with van der Waals surface area (Å²) in [5, 5.41) is 5.88. The van der Waals surface area contributed by atoms with Crippen LogP contribution >= 0.6 is 12.4 Å². The molecule has 1 aliphatic rings. The third kappa shape index (κ3) is 4.49. The van der Waals surface area contributed by atoms with Crippen molar-refractivity contribution in [2.45, 2.75) is 38.6 Å². The molecule has 1 aliphatic heterocycles. The summed E-state index contributed by atoms with van der Waals surface area (Å²) in [4.78, 5) is 14.8. The highest BCUT2D eigenvalue weighted by Crippen LogP contribution is 2.18. The molecule has 1 atom stereocenters. The zero-order chi connectivity index (χ0) is 16.1. The number of halogens is 1. The van der Waals surface area contributed by atoms with Gasteiger partial charge < -0.3 is 10.2 Å². The molecular weight excluding hydrogens is 320 g/mol. The number of aryl methyl sites for hydroxylation is 1. The van der Waals surface area contributed by atoms with Crippen molar-refractivity contribution in [3.8, 4) is 0 Å². The number of carbonyl (C=O) groups excluding carboxylic acids is 1. The molecular formula is C20H27ClN2O. The van der Waals surface area contributed by atoms with Gasteiger partial charge in [-0.05, 0) is 42.1 Å². The molecule has 1 amide bonds. The van der Waals surface area contributed by atoms with Crippen LogP contribution in [0.4, 0.5) is 0 Å². The van der Waals surface area contributed by atoms with Crippen LogP contribution in [0.1, 0.15) is 31.7 Å². The number of carbonyl (C=O) groups is 1. The van der Waals surface area contributed by atoms with Crippen LogP contribution in [-0.4, -0.2) is 36.5 Å². The molecule has 3 nitrogen and oxygen atoms in total. The number of nitrogens with one attached hydrogen (secondary N) is 1. The smallest absolute Gasteiger partial charge is 0.223 e. The van der Waals surface area contributed by atoms with Crippen molar-refractivity contribution < 1.29 is 4.79 Å². The fraction of sp³-hybridized carbons (Fsp3) is 0.450. The quantitative estimate of drug-likeness (QED) is 0.863. The maximum Gasteiger partial charge on any atom is 0.223 e. The monoisotopic (exact) mass is 346 g/mol. The van der Waals surface area contributed by atoms with Gasteiger partial charge in [0.15, 0.2) is 0 Å². The van der Waals surface area contributed by atoms with Gasteiger partial charge >= 0.3 is 0 Å². The van der Waals surface area contributed by atoms with Crippen LogP contribution < -0.4 is 5.32 Å². The van der Waals surface area contributed by atoms with Gasteiger partial charge in [-0.1, -0.05) is 49.4 Å². The summed E-state index contributed by atoms with van der Waals surface area (Å²) in [6, 6.07) is 15.3. The Hall–Kier alpha value is -1.58. The Bertz CT molecular complexity index is 667. The molecule has 0 radical (unpaired) electrons. The van der Waals surface area contributed by atoms with E-state index in [1.807, 2.05) is 0 Å². The molecule has 0 aromatic heterocycles. The molecule has 0 spiro atoms. The van der Waals surface area contributed by atoms with Gasteiger partial charge in [0, 0.05) is 25.6 Å². The van der Waals surface area contributed by atoms with E-state index in [0.717, 1.165) is 38.9 Å². The van der Waals surface area contributed by atoms with E-state index in [1.165, 1.54) is 16.3 Å². The van der Waals surface area contributed by atoms with E-state index >= 15 is 0 Å². The van der Waals surface area contributed by atoms with Gasteiger partial charge in [0.25, 0.3) is 0 Å². The predicted octanol–water partition coefficient (Wildman–Crippen LogP) is 3.79. The van der Waals surface area contributed by atoms with Gasteiger partial charge in [-0.15, -0.1) is 12.4 Å². The Morgan fingerprint density at radius 1 is 1.21 bits per heavy atom. The van der Waals surface area contributed by atoms with E-state index in [0.29, 0.717) is 18.4 Å². The van der Waals surface area contributed by atoms with Crippen molar-refractivity contribution in [3.05, 3.63) is 48.0 Å². The van der Waals surface area contributed by atoms with Crippen LogP contribution in [0, 0.1) is 0 Å². The number of hydrogen-bond acceptors (Lipinski definition) is 2. The summed E-state index contributed by atoms with van der Waals surface area (Å²) < 4.78 is 0. The van der Waals surface area contributed by atoms with Crippen LogP contribution in [0.5, 0.6) is 0 Å². The Balaban J connectivity index is 0.00000208. The minimum Gasteiger partial charge on any atom is -0.338 e. The maximum absolute atomic E-state index is 12.7. The SMILES string of the molecule is CCCN(C(=O)CCc1ccc2ccccc2c1)C1CCNC1.Cl. The third-order valence-corrected chi connectivity index (χ3v) is 4.70. The molecule has 1 fully saturated rings. The number of benzene rings is 2. The predicted molar refractivity (Wildman–Crippen MR) is 103 cm³/mol. The molecule has 3 rings (SSSR count). The van der Waals surface area contributed by atoms with Gasteiger partial charge in [0.1, 0.15) is 0 Å². The van der Waals surface area contributed by atoms with Gasteiger partial charge in [-0.2, -0.15) is 0 Å². The Kier molecular flexibility index (Phi) is 7.07. The molecule has 1 saturated heterocycles. The van der Waals surface area contributed by atoms with E-state index in [9.17, 15) is 4.79 Å². The molecule has 1 N–H and O–H groups in total. The van der Waals surface area contributed by atoms with Crippen molar-refractivity contribution >= 4 is 29.1 Å². The number of hydrogen-bond donors (Lipinski definition) is 1. The van der Waals surface area contributed by atoms with Gasteiger partial charge in [0.2, 0.25) is 5.91 Å². The van der Waals surface area contributed by atoms with Crippen molar-refractivity contribution in [1.29, 1.82) is 0 Å². The zero-order valence-electron chi connectivity index (χ0n) is 14.3. The summed E-state index contributed by atoms with van der Waals surface area (Å²) in [5.41, 5.74) is 1.25. The second-order valence-corrected chi connectivity index (χ2v) is 6.42. The first-order chi connectivity index (χ1) is 11.3. The highest BCUT2D eigenvalue weighted by molar-refractivity contribution is 5.85. The van der Waals surface area contributed by atoms with Gasteiger partial charge in [-0.25, -0.2) is 0 Å². The lowest BCUT2D eigenvalue weighted by molar-refractivity contribution is -0.133. The maximum atomic E-state index is 12.7. The Morgan fingerprint density at radius 3 is 2.71 bits per heavy atom. The third-order valence-electron chi connectivity index (χ3n) is 4.70. The lowest BCUT2D eigenvalue weighted by Crippen LogP contribution is -2.42. The molecule has 24 heavy (non-hydrogen) atoms. The topological polar surface area (TPSA) is 32.3 Å². The second kappa shape index (κ2) is 9.05.